The van der Waals surface area contributed by atoms with Crippen molar-refractivity contribution in [2.75, 3.05) is 6.61 Å². The second-order valence-electron chi connectivity index (χ2n) is 7.30. The lowest BCUT2D eigenvalue weighted by Gasteiger charge is -2.13. The Balaban J connectivity index is 1.88. The molecule has 0 bridgehead atoms. The maximum Gasteiger partial charge on any atom is 0.339 e. The van der Waals surface area contributed by atoms with E-state index in [0.29, 0.717) is 35.1 Å². The second-order valence-corrected chi connectivity index (χ2v) is 7.70. The highest BCUT2D eigenvalue weighted by Crippen LogP contribution is 2.33. The number of carbonyl (C=O) groups is 1. The van der Waals surface area contributed by atoms with Gasteiger partial charge in [0, 0.05) is 23.4 Å². The van der Waals surface area contributed by atoms with Crippen LogP contribution in [0.3, 0.4) is 0 Å². The Bertz CT molecular complexity index is 1150. The van der Waals surface area contributed by atoms with Gasteiger partial charge < -0.3 is 13.9 Å². The average molecular weight is 429 g/mol. The van der Waals surface area contributed by atoms with Gasteiger partial charge in [0.15, 0.2) is 0 Å². The zero-order chi connectivity index (χ0) is 21.8. The van der Waals surface area contributed by atoms with Crippen molar-refractivity contribution >= 4 is 28.5 Å². The van der Waals surface area contributed by atoms with Crippen LogP contribution >= 0.6 is 11.6 Å². The van der Waals surface area contributed by atoms with E-state index in [1.165, 1.54) is 0 Å². The molecule has 0 amide bonds. The fraction of sp³-hybridized carbons (Fsp3) is 0.333. The average Bonchev–Trinajstić information content (AvgIpc) is 2.69. The first kappa shape index (κ1) is 21.9. The smallest absolute Gasteiger partial charge is 0.339 e. The van der Waals surface area contributed by atoms with Gasteiger partial charge in [-0.2, -0.15) is 0 Å². The van der Waals surface area contributed by atoms with Gasteiger partial charge in [-0.05, 0) is 56.9 Å². The van der Waals surface area contributed by atoms with E-state index in [9.17, 15) is 9.59 Å². The van der Waals surface area contributed by atoms with Gasteiger partial charge >= 0.3 is 11.6 Å². The highest BCUT2D eigenvalue weighted by Gasteiger charge is 2.16. The van der Waals surface area contributed by atoms with Crippen LogP contribution in [-0.2, 0) is 22.6 Å². The molecule has 0 radical (unpaired) electrons. The topological polar surface area (TPSA) is 65.7 Å². The van der Waals surface area contributed by atoms with Gasteiger partial charge in [0.2, 0.25) is 0 Å². The monoisotopic (exact) mass is 428 g/mol. The van der Waals surface area contributed by atoms with E-state index in [1.54, 1.807) is 19.1 Å². The van der Waals surface area contributed by atoms with Crippen molar-refractivity contribution in [1.82, 2.24) is 0 Å². The fourth-order valence-corrected chi connectivity index (χ4v) is 3.58. The SMILES string of the molecule is CCOC(=O)CCc1c(C)c2cc(Cl)c(OCc3cc(C)ccc3C)cc2oc1=O. The minimum absolute atomic E-state index is 0.121. The summed E-state index contributed by atoms with van der Waals surface area (Å²) in [6.45, 7) is 8.30. The molecule has 0 aliphatic rings. The predicted molar refractivity (Wildman–Crippen MR) is 117 cm³/mol. The summed E-state index contributed by atoms with van der Waals surface area (Å²) in [5.74, 6) is 0.108. The van der Waals surface area contributed by atoms with Crippen molar-refractivity contribution in [3.63, 3.8) is 0 Å². The molecule has 3 rings (SSSR count). The fourth-order valence-electron chi connectivity index (χ4n) is 3.36. The van der Waals surface area contributed by atoms with Crippen LogP contribution in [0.5, 0.6) is 5.75 Å². The number of carbonyl (C=O) groups excluding carboxylic acids is 1. The molecular weight excluding hydrogens is 404 g/mol. The number of hydrogen-bond donors (Lipinski definition) is 0. The number of aryl methyl sites for hydroxylation is 3. The molecule has 1 aromatic heterocycles. The van der Waals surface area contributed by atoms with Crippen molar-refractivity contribution in [2.24, 2.45) is 0 Å². The Hall–Kier alpha value is -2.79. The van der Waals surface area contributed by atoms with E-state index in [4.69, 9.17) is 25.5 Å². The molecule has 3 aromatic rings. The number of halogens is 1. The lowest BCUT2D eigenvalue weighted by Crippen LogP contribution is -2.13. The summed E-state index contributed by atoms with van der Waals surface area (Å²) in [6, 6.07) is 9.56. The summed E-state index contributed by atoms with van der Waals surface area (Å²) in [5, 5.41) is 1.15. The van der Waals surface area contributed by atoms with Crippen LogP contribution in [0, 0.1) is 20.8 Å². The molecule has 6 heteroatoms. The molecule has 0 saturated carbocycles. The molecule has 30 heavy (non-hydrogen) atoms. The summed E-state index contributed by atoms with van der Waals surface area (Å²) < 4.78 is 16.4. The van der Waals surface area contributed by atoms with Crippen molar-refractivity contribution in [1.29, 1.82) is 0 Å². The van der Waals surface area contributed by atoms with Crippen LogP contribution in [0.4, 0.5) is 0 Å². The van der Waals surface area contributed by atoms with Gasteiger partial charge in [-0.15, -0.1) is 0 Å². The molecule has 158 valence electrons. The van der Waals surface area contributed by atoms with E-state index in [2.05, 4.69) is 18.2 Å². The normalized spacial score (nSPS) is 11.0. The number of rotatable bonds is 7. The van der Waals surface area contributed by atoms with Crippen LogP contribution in [0.25, 0.3) is 11.0 Å². The summed E-state index contributed by atoms with van der Waals surface area (Å²) in [6.07, 6.45) is 0.376. The van der Waals surface area contributed by atoms with E-state index < -0.39 is 5.63 Å². The standard InChI is InChI=1S/C24H25ClO5/c1-5-28-23(26)9-8-18-16(4)19-11-20(25)22(12-21(19)30-24(18)27)29-13-17-10-14(2)6-7-15(17)3/h6-7,10-12H,5,8-9,13H2,1-4H3. The molecule has 5 nitrogen and oxygen atoms in total. The third-order valence-electron chi connectivity index (χ3n) is 5.11. The van der Waals surface area contributed by atoms with Gasteiger partial charge in [0.05, 0.1) is 11.6 Å². The molecule has 2 aromatic carbocycles. The highest BCUT2D eigenvalue weighted by atomic mass is 35.5. The second kappa shape index (κ2) is 9.35. The van der Waals surface area contributed by atoms with E-state index in [1.807, 2.05) is 20.8 Å². The van der Waals surface area contributed by atoms with Gasteiger partial charge in [0.25, 0.3) is 0 Å². The summed E-state index contributed by atoms with van der Waals surface area (Å²) >= 11 is 6.45. The predicted octanol–water partition coefficient (Wildman–Crippen LogP) is 5.45. The maximum absolute atomic E-state index is 12.5. The third kappa shape index (κ3) is 4.85. The van der Waals surface area contributed by atoms with Crippen molar-refractivity contribution in [3.05, 3.63) is 73.6 Å². The lowest BCUT2D eigenvalue weighted by atomic mass is 10.0. The molecule has 0 N–H and O–H groups in total. The Kier molecular flexibility index (Phi) is 6.83. The molecule has 0 aliphatic carbocycles. The minimum Gasteiger partial charge on any atom is -0.487 e. The Morgan fingerprint density at radius 3 is 2.63 bits per heavy atom. The first-order valence-corrected chi connectivity index (χ1v) is 10.3. The van der Waals surface area contributed by atoms with E-state index in [-0.39, 0.29) is 18.8 Å². The number of hydrogen-bond acceptors (Lipinski definition) is 5. The molecule has 0 unspecified atom stereocenters. The van der Waals surface area contributed by atoms with Crippen LogP contribution in [0.1, 0.15) is 41.2 Å². The van der Waals surface area contributed by atoms with Gasteiger partial charge in [-0.1, -0.05) is 35.4 Å². The van der Waals surface area contributed by atoms with Crippen molar-refractivity contribution in [2.45, 2.75) is 47.1 Å². The number of benzene rings is 2. The quantitative estimate of drug-likeness (QED) is 0.370. The minimum atomic E-state index is -0.466. The molecule has 0 aliphatic heterocycles. The molecule has 1 heterocycles. The van der Waals surface area contributed by atoms with Crippen LogP contribution in [0.15, 0.2) is 39.5 Å². The Morgan fingerprint density at radius 2 is 1.90 bits per heavy atom. The number of ether oxygens (including phenoxy) is 2. The van der Waals surface area contributed by atoms with Gasteiger partial charge in [-0.3, -0.25) is 4.79 Å². The molecule has 0 spiro atoms. The molecule has 0 saturated heterocycles. The Morgan fingerprint density at radius 1 is 1.13 bits per heavy atom. The first-order chi connectivity index (χ1) is 14.3. The van der Waals surface area contributed by atoms with Crippen LogP contribution in [-0.4, -0.2) is 12.6 Å². The van der Waals surface area contributed by atoms with Gasteiger partial charge in [-0.25, -0.2) is 4.79 Å². The zero-order valence-corrected chi connectivity index (χ0v) is 18.4. The number of fused-ring (bicyclic) bond motifs is 1. The van der Waals surface area contributed by atoms with Crippen LogP contribution < -0.4 is 10.4 Å². The zero-order valence-electron chi connectivity index (χ0n) is 17.6. The molecular formula is C24H25ClO5. The lowest BCUT2D eigenvalue weighted by molar-refractivity contribution is -0.143. The van der Waals surface area contributed by atoms with Crippen LogP contribution in [0.2, 0.25) is 5.02 Å². The van der Waals surface area contributed by atoms with Gasteiger partial charge in [0.1, 0.15) is 17.9 Å². The first-order valence-electron chi connectivity index (χ1n) is 9.90. The summed E-state index contributed by atoms with van der Waals surface area (Å²) in [5.41, 5.74) is 4.49. The number of esters is 1. The third-order valence-corrected chi connectivity index (χ3v) is 5.41. The molecule has 0 atom stereocenters. The maximum atomic E-state index is 12.5. The Labute approximate surface area is 180 Å². The van der Waals surface area contributed by atoms with E-state index in [0.717, 1.165) is 27.6 Å². The summed E-state index contributed by atoms with van der Waals surface area (Å²) in [4.78, 5) is 24.1. The largest absolute Gasteiger partial charge is 0.487 e. The van der Waals surface area contributed by atoms with E-state index >= 15 is 0 Å². The summed E-state index contributed by atoms with van der Waals surface area (Å²) in [7, 11) is 0. The molecule has 0 fully saturated rings. The van der Waals surface area contributed by atoms with Crippen molar-refractivity contribution in [3.8, 4) is 5.75 Å². The highest BCUT2D eigenvalue weighted by molar-refractivity contribution is 6.32. The van der Waals surface area contributed by atoms with Crippen molar-refractivity contribution < 1.29 is 18.7 Å².